The van der Waals surface area contributed by atoms with Crippen molar-refractivity contribution in [2.45, 2.75) is 18.8 Å². The fraction of sp³-hybridized carbons (Fsp3) is 0.310. The molecule has 184 valence electrons. The summed E-state index contributed by atoms with van der Waals surface area (Å²) in [6.07, 6.45) is 2.33. The van der Waals surface area contributed by atoms with Crippen LogP contribution >= 0.6 is 0 Å². The van der Waals surface area contributed by atoms with E-state index in [2.05, 4.69) is 63.6 Å². The quantitative estimate of drug-likeness (QED) is 0.369. The lowest BCUT2D eigenvalue weighted by molar-refractivity contribution is 0.355. The molecule has 7 nitrogen and oxygen atoms in total. The molecule has 4 aromatic rings. The van der Waals surface area contributed by atoms with Crippen molar-refractivity contribution in [2.75, 3.05) is 55.5 Å². The van der Waals surface area contributed by atoms with Crippen LogP contribution in [0.4, 0.5) is 22.9 Å². The van der Waals surface area contributed by atoms with Crippen LogP contribution in [0.5, 0.6) is 11.5 Å². The van der Waals surface area contributed by atoms with Crippen molar-refractivity contribution in [3.63, 3.8) is 0 Å². The summed E-state index contributed by atoms with van der Waals surface area (Å²) in [5.41, 5.74) is 4.35. The molecular weight excluding hydrogens is 450 g/mol. The highest BCUT2D eigenvalue weighted by Crippen LogP contribution is 2.42. The Bertz CT molecular complexity index is 1370. The Labute approximate surface area is 211 Å². The number of methoxy groups -OCH3 is 2. The minimum atomic E-state index is 0.471. The second-order valence-electron chi connectivity index (χ2n) is 9.39. The van der Waals surface area contributed by atoms with E-state index in [1.54, 1.807) is 14.2 Å². The maximum atomic E-state index is 5.60. The van der Waals surface area contributed by atoms with Gasteiger partial charge in [0.2, 0.25) is 0 Å². The Morgan fingerprint density at radius 1 is 0.778 bits per heavy atom. The molecule has 2 fully saturated rings. The van der Waals surface area contributed by atoms with Gasteiger partial charge >= 0.3 is 0 Å². The van der Waals surface area contributed by atoms with Gasteiger partial charge in [-0.05, 0) is 43.2 Å². The molecule has 1 N–H and O–H groups in total. The minimum absolute atomic E-state index is 0.471. The first-order chi connectivity index (χ1) is 17.7. The van der Waals surface area contributed by atoms with Gasteiger partial charge in [-0.1, -0.05) is 30.3 Å². The van der Waals surface area contributed by atoms with Gasteiger partial charge in [0.05, 0.1) is 31.1 Å². The van der Waals surface area contributed by atoms with Gasteiger partial charge < -0.3 is 24.6 Å². The van der Waals surface area contributed by atoms with Gasteiger partial charge in [-0.3, -0.25) is 0 Å². The molecule has 0 spiro atoms. The number of aromatic nitrogens is 2. The highest BCUT2D eigenvalue weighted by Gasteiger charge is 2.30. The SMILES string of the molecule is COc1cc2nc(C3CC3)nc(N3CCN(c4ccccc4Nc4ccccc4)CC3)c2cc1OC. The molecular formula is C29H31N5O2. The van der Waals surface area contributed by atoms with Crippen LogP contribution in [0.15, 0.2) is 66.7 Å². The number of hydrogen-bond donors (Lipinski definition) is 1. The second-order valence-corrected chi connectivity index (χ2v) is 9.39. The lowest BCUT2D eigenvalue weighted by atomic mass is 10.1. The molecule has 1 saturated carbocycles. The molecule has 1 aliphatic carbocycles. The largest absolute Gasteiger partial charge is 0.493 e. The predicted molar refractivity (Wildman–Crippen MR) is 145 cm³/mol. The van der Waals surface area contributed by atoms with Gasteiger partial charge in [-0.15, -0.1) is 0 Å². The number of rotatable bonds is 7. The van der Waals surface area contributed by atoms with Crippen molar-refractivity contribution in [1.82, 2.24) is 9.97 Å². The average molecular weight is 482 g/mol. The topological polar surface area (TPSA) is 62.8 Å². The van der Waals surface area contributed by atoms with Crippen molar-refractivity contribution in [1.29, 1.82) is 0 Å². The third-order valence-corrected chi connectivity index (χ3v) is 7.02. The summed E-state index contributed by atoms with van der Waals surface area (Å²) < 4.78 is 11.2. The van der Waals surface area contributed by atoms with Crippen molar-refractivity contribution in [3.05, 3.63) is 72.6 Å². The minimum Gasteiger partial charge on any atom is -0.493 e. The zero-order chi connectivity index (χ0) is 24.5. The highest BCUT2D eigenvalue weighted by atomic mass is 16.5. The van der Waals surface area contributed by atoms with Crippen LogP contribution in [-0.2, 0) is 0 Å². The van der Waals surface area contributed by atoms with E-state index in [9.17, 15) is 0 Å². The monoisotopic (exact) mass is 481 g/mol. The van der Waals surface area contributed by atoms with Crippen LogP contribution in [0.1, 0.15) is 24.6 Å². The molecule has 0 unspecified atom stereocenters. The number of hydrogen-bond acceptors (Lipinski definition) is 7. The van der Waals surface area contributed by atoms with E-state index in [0.717, 1.165) is 72.9 Å². The van der Waals surface area contributed by atoms with E-state index in [1.807, 2.05) is 18.2 Å². The number of para-hydroxylation sites is 3. The van der Waals surface area contributed by atoms with Crippen molar-refractivity contribution < 1.29 is 9.47 Å². The van der Waals surface area contributed by atoms with Crippen LogP contribution in [-0.4, -0.2) is 50.4 Å². The molecule has 0 atom stereocenters. The summed E-state index contributed by atoms with van der Waals surface area (Å²) in [5, 5.41) is 4.60. The van der Waals surface area contributed by atoms with E-state index < -0.39 is 0 Å². The number of anilines is 4. The third-order valence-electron chi connectivity index (χ3n) is 7.02. The van der Waals surface area contributed by atoms with Gasteiger partial charge in [0.25, 0.3) is 0 Å². The summed E-state index contributed by atoms with van der Waals surface area (Å²) in [6, 6.07) is 22.9. The van der Waals surface area contributed by atoms with E-state index in [0.29, 0.717) is 17.4 Å². The number of nitrogens with one attached hydrogen (secondary N) is 1. The summed E-state index contributed by atoms with van der Waals surface area (Å²) in [5.74, 6) is 3.82. The van der Waals surface area contributed by atoms with Gasteiger partial charge in [-0.2, -0.15) is 0 Å². The maximum absolute atomic E-state index is 5.60. The van der Waals surface area contributed by atoms with Gasteiger partial charge in [0.1, 0.15) is 11.6 Å². The standard InChI is InChI=1S/C29H31N5O2/c1-35-26-18-22-24(19-27(26)36-2)31-28(20-12-13-20)32-29(22)34-16-14-33(15-17-34)25-11-7-6-10-23(25)30-21-8-4-3-5-9-21/h3-11,18-20,30H,12-17H2,1-2H3. The lowest BCUT2D eigenvalue weighted by Gasteiger charge is -2.38. The number of nitrogens with zero attached hydrogens (tertiary/aromatic N) is 4. The molecule has 2 heterocycles. The number of fused-ring (bicyclic) bond motifs is 1. The first-order valence-corrected chi connectivity index (χ1v) is 12.6. The lowest BCUT2D eigenvalue weighted by Crippen LogP contribution is -2.47. The Morgan fingerprint density at radius 2 is 1.44 bits per heavy atom. The molecule has 2 aliphatic rings. The van der Waals surface area contributed by atoms with Gasteiger partial charge in [0.15, 0.2) is 11.5 Å². The zero-order valence-electron chi connectivity index (χ0n) is 20.8. The average Bonchev–Trinajstić information content (AvgIpc) is 3.78. The molecule has 1 aromatic heterocycles. The molecule has 0 bridgehead atoms. The van der Waals surface area contributed by atoms with Crippen LogP contribution in [0.2, 0.25) is 0 Å². The van der Waals surface area contributed by atoms with Crippen LogP contribution in [0, 0.1) is 0 Å². The molecule has 1 saturated heterocycles. The van der Waals surface area contributed by atoms with Crippen molar-refractivity contribution in [3.8, 4) is 11.5 Å². The summed E-state index contributed by atoms with van der Waals surface area (Å²) in [4.78, 5) is 14.8. The third kappa shape index (κ3) is 4.37. The Morgan fingerprint density at radius 3 is 2.17 bits per heavy atom. The van der Waals surface area contributed by atoms with E-state index in [-0.39, 0.29) is 0 Å². The molecule has 6 rings (SSSR count). The zero-order valence-corrected chi connectivity index (χ0v) is 20.8. The summed E-state index contributed by atoms with van der Waals surface area (Å²) >= 11 is 0. The van der Waals surface area contributed by atoms with E-state index in [1.165, 1.54) is 5.69 Å². The second kappa shape index (κ2) is 9.57. The fourth-order valence-electron chi connectivity index (χ4n) is 4.91. The van der Waals surface area contributed by atoms with E-state index >= 15 is 0 Å². The first kappa shape index (κ1) is 22.5. The smallest absolute Gasteiger partial charge is 0.162 e. The highest BCUT2D eigenvalue weighted by molar-refractivity contribution is 5.92. The molecule has 3 aromatic carbocycles. The number of piperazine rings is 1. The van der Waals surface area contributed by atoms with Gasteiger partial charge in [0, 0.05) is 49.2 Å². The fourth-order valence-corrected chi connectivity index (χ4v) is 4.91. The van der Waals surface area contributed by atoms with Crippen LogP contribution in [0.3, 0.4) is 0 Å². The molecule has 0 amide bonds. The Balaban J connectivity index is 1.28. The van der Waals surface area contributed by atoms with Crippen molar-refractivity contribution >= 4 is 33.8 Å². The Kier molecular flexibility index (Phi) is 5.97. The van der Waals surface area contributed by atoms with Gasteiger partial charge in [-0.25, -0.2) is 9.97 Å². The normalized spacial score (nSPS) is 15.7. The maximum Gasteiger partial charge on any atom is 0.162 e. The number of benzene rings is 3. The number of ether oxygens (including phenoxy) is 2. The predicted octanol–water partition coefficient (Wildman–Crippen LogP) is 5.59. The van der Waals surface area contributed by atoms with Crippen molar-refractivity contribution in [2.24, 2.45) is 0 Å². The molecule has 0 radical (unpaired) electrons. The molecule has 1 aliphatic heterocycles. The summed E-state index contributed by atoms with van der Waals surface area (Å²) in [6.45, 7) is 3.57. The first-order valence-electron chi connectivity index (χ1n) is 12.6. The van der Waals surface area contributed by atoms with Crippen LogP contribution < -0.4 is 24.6 Å². The molecule has 36 heavy (non-hydrogen) atoms. The van der Waals surface area contributed by atoms with E-state index in [4.69, 9.17) is 19.4 Å². The van der Waals surface area contributed by atoms with Crippen LogP contribution in [0.25, 0.3) is 10.9 Å². The summed E-state index contributed by atoms with van der Waals surface area (Å²) in [7, 11) is 3.33. The Hall–Kier alpha value is -4.00. The molecule has 7 heteroatoms.